The summed E-state index contributed by atoms with van der Waals surface area (Å²) in [6.07, 6.45) is 2.83. The average molecular weight is 482 g/mol. The zero-order valence-electron chi connectivity index (χ0n) is 19.8. The molecule has 0 radical (unpaired) electrons. The molecule has 0 bridgehead atoms. The van der Waals surface area contributed by atoms with Crippen molar-refractivity contribution >= 4 is 27.5 Å². The third kappa shape index (κ3) is 4.19. The first-order valence-electron chi connectivity index (χ1n) is 11.9. The SMILES string of the molecule is Cc1ccc(C2CCNC2=O)cc1C1CC(C)(C)c2cc(C(=O)NS(=O)(=O)C3CC3)ccc2N1. The van der Waals surface area contributed by atoms with Crippen molar-refractivity contribution in [1.82, 2.24) is 10.0 Å². The maximum Gasteiger partial charge on any atom is 0.264 e. The van der Waals surface area contributed by atoms with Gasteiger partial charge in [-0.1, -0.05) is 32.0 Å². The van der Waals surface area contributed by atoms with Crippen LogP contribution in [0.5, 0.6) is 0 Å². The van der Waals surface area contributed by atoms with Crippen molar-refractivity contribution in [3.05, 3.63) is 64.2 Å². The predicted octanol–water partition coefficient (Wildman–Crippen LogP) is 3.66. The monoisotopic (exact) mass is 481 g/mol. The second-order valence-corrected chi connectivity index (χ2v) is 12.4. The summed E-state index contributed by atoms with van der Waals surface area (Å²) in [7, 11) is -3.59. The summed E-state index contributed by atoms with van der Waals surface area (Å²) in [5, 5.41) is 6.11. The average Bonchev–Trinajstić information content (AvgIpc) is 3.56. The molecule has 3 aliphatic rings. The molecule has 8 heteroatoms. The van der Waals surface area contributed by atoms with Gasteiger partial charge in [-0.25, -0.2) is 13.1 Å². The Bertz CT molecular complexity index is 1280. The fraction of sp³-hybridized carbons (Fsp3) is 0.462. The summed E-state index contributed by atoms with van der Waals surface area (Å²) in [5.74, 6) is -0.589. The lowest BCUT2D eigenvalue weighted by Gasteiger charge is -2.39. The van der Waals surface area contributed by atoms with Crippen molar-refractivity contribution in [2.75, 3.05) is 11.9 Å². The third-order valence-electron chi connectivity index (χ3n) is 7.38. The molecule has 2 aliphatic heterocycles. The van der Waals surface area contributed by atoms with E-state index in [-0.39, 0.29) is 23.3 Å². The van der Waals surface area contributed by atoms with Crippen LogP contribution < -0.4 is 15.4 Å². The number of benzene rings is 2. The van der Waals surface area contributed by atoms with Gasteiger partial charge >= 0.3 is 0 Å². The van der Waals surface area contributed by atoms with Crippen molar-refractivity contribution in [3.8, 4) is 0 Å². The number of amides is 2. The van der Waals surface area contributed by atoms with E-state index in [9.17, 15) is 18.0 Å². The first kappa shape index (κ1) is 22.9. The number of fused-ring (bicyclic) bond motifs is 1. The van der Waals surface area contributed by atoms with Crippen molar-refractivity contribution in [1.29, 1.82) is 0 Å². The Labute approximate surface area is 200 Å². The molecular formula is C26H31N3O4S. The maximum atomic E-state index is 12.7. The highest BCUT2D eigenvalue weighted by atomic mass is 32.2. The summed E-state index contributed by atoms with van der Waals surface area (Å²) < 4.78 is 26.6. The van der Waals surface area contributed by atoms with Gasteiger partial charge in [0.1, 0.15) is 0 Å². The fourth-order valence-corrected chi connectivity index (χ4v) is 6.53. The molecule has 0 aromatic heterocycles. The van der Waals surface area contributed by atoms with E-state index in [1.807, 2.05) is 12.1 Å². The van der Waals surface area contributed by atoms with Crippen molar-refractivity contribution < 1.29 is 18.0 Å². The predicted molar refractivity (Wildman–Crippen MR) is 131 cm³/mol. The topological polar surface area (TPSA) is 104 Å². The van der Waals surface area contributed by atoms with E-state index in [0.717, 1.165) is 29.7 Å². The van der Waals surface area contributed by atoms with Crippen LogP contribution in [0, 0.1) is 6.92 Å². The molecule has 2 unspecified atom stereocenters. The summed E-state index contributed by atoms with van der Waals surface area (Å²) >= 11 is 0. The zero-order chi connectivity index (χ0) is 24.3. The largest absolute Gasteiger partial charge is 0.378 e. The number of hydrogen-bond acceptors (Lipinski definition) is 5. The number of nitrogens with one attached hydrogen (secondary N) is 3. The number of anilines is 1. The first-order valence-corrected chi connectivity index (χ1v) is 13.4. The highest BCUT2D eigenvalue weighted by molar-refractivity contribution is 7.91. The van der Waals surface area contributed by atoms with Crippen LogP contribution in [0.1, 0.15) is 84.1 Å². The highest BCUT2D eigenvalue weighted by Gasteiger charge is 2.38. The standard InChI is InChI=1S/C26H31N3O4S/c1-15-4-5-16(19-10-11-27-25(19)31)12-20(15)23-14-26(2,3)21-13-17(6-9-22(21)28-23)24(30)29-34(32,33)18-7-8-18/h4-6,9,12-13,18-19,23,28H,7-8,10-11,14H2,1-3H3,(H,27,31)(H,29,30). The van der Waals surface area contributed by atoms with Gasteiger partial charge in [-0.2, -0.15) is 0 Å². The van der Waals surface area contributed by atoms with Gasteiger partial charge in [-0.05, 0) is 78.5 Å². The van der Waals surface area contributed by atoms with Crippen LogP contribution in [-0.4, -0.2) is 32.0 Å². The molecule has 2 aromatic rings. The van der Waals surface area contributed by atoms with Crippen LogP contribution >= 0.6 is 0 Å². The van der Waals surface area contributed by atoms with Gasteiger partial charge in [-0.15, -0.1) is 0 Å². The molecular weight excluding hydrogens is 450 g/mol. The molecule has 7 nitrogen and oxygen atoms in total. The molecule has 1 aliphatic carbocycles. The van der Waals surface area contributed by atoms with Crippen LogP contribution in [0.2, 0.25) is 0 Å². The van der Waals surface area contributed by atoms with Gasteiger partial charge in [0.15, 0.2) is 0 Å². The minimum absolute atomic E-state index is 0.0573. The normalized spacial score (nSPS) is 23.6. The van der Waals surface area contributed by atoms with Crippen molar-refractivity contribution in [3.63, 3.8) is 0 Å². The minimum atomic E-state index is -3.59. The zero-order valence-corrected chi connectivity index (χ0v) is 20.6. The molecule has 2 amide bonds. The minimum Gasteiger partial charge on any atom is -0.378 e. The molecule has 2 heterocycles. The van der Waals surface area contributed by atoms with E-state index in [4.69, 9.17) is 0 Å². The molecule has 5 rings (SSSR count). The van der Waals surface area contributed by atoms with E-state index in [0.29, 0.717) is 24.9 Å². The number of carbonyl (C=O) groups excluding carboxylic acids is 2. The van der Waals surface area contributed by atoms with E-state index in [1.54, 1.807) is 6.07 Å². The van der Waals surface area contributed by atoms with Gasteiger partial charge in [-0.3, -0.25) is 9.59 Å². The highest BCUT2D eigenvalue weighted by Crippen LogP contribution is 2.45. The van der Waals surface area contributed by atoms with Gasteiger partial charge in [0.05, 0.1) is 17.2 Å². The van der Waals surface area contributed by atoms with Crippen molar-refractivity contribution in [2.24, 2.45) is 0 Å². The maximum absolute atomic E-state index is 12.7. The smallest absolute Gasteiger partial charge is 0.264 e. The quantitative estimate of drug-likeness (QED) is 0.605. The molecule has 2 atom stereocenters. The Hall–Kier alpha value is -2.87. The van der Waals surface area contributed by atoms with Gasteiger partial charge in [0.2, 0.25) is 15.9 Å². The fourth-order valence-electron chi connectivity index (χ4n) is 5.23. The lowest BCUT2D eigenvalue weighted by Crippen LogP contribution is -2.35. The van der Waals surface area contributed by atoms with Gasteiger partial charge in [0, 0.05) is 17.8 Å². The van der Waals surface area contributed by atoms with Gasteiger partial charge < -0.3 is 10.6 Å². The summed E-state index contributed by atoms with van der Waals surface area (Å²) in [6.45, 7) is 7.09. The Balaban J connectivity index is 1.42. The summed E-state index contributed by atoms with van der Waals surface area (Å²) in [6, 6.07) is 11.7. The van der Waals surface area contributed by atoms with Gasteiger partial charge in [0.25, 0.3) is 5.91 Å². The summed E-state index contributed by atoms with van der Waals surface area (Å²) in [5.41, 5.74) is 5.42. The number of carbonyl (C=O) groups is 2. The summed E-state index contributed by atoms with van der Waals surface area (Å²) in [4.78, 5) is 24.9. The second kappa shape index (κ2) is 8.12. The van der Waals surface area contributed by atoms with E-state index < -0.39 is 21.2 Å². The Morgan fingerprint density at radius 2 is 1.85 bits per heavy atom. The lowest BCUT2D eigenvalue weighted by molar-refractivity contribution is -0.120. The van der Waals surface area contributed by atoms with E-state index in [1.165, 1.54) is 11.1 Å². The Kier molecular flexibility index (Phi) is 5.47. The van der Waals surface area contributed by atoms with E-state index >= 15 is 0 Å². The van der Waals surface area contributed by atoms with Crippen LogP contribution in [0.25, 0.3) is 0 Å². The molecule has 3 N–H and O–H groups in total. The second-order valence-electron chi connectivity index (χ2n) is 10.5. The molecule has 1 saturated carbocycles. The molecule has 1 saturated heterocycles. The number of aryl methyl sites for hydroxylation is 1. The Morgan fingerprint density at radius 3 is 2.53 bits per heavy atom. The number of hydrogen-bond donors (Lipinski definition) is 3. The van der Waals surface area contributed by atoms with Crippen molar-refractivity contribution in [2.45, 2.75) is 69.1 Å². The first-order chi connectivity index (χ1) is 16.0. The third-order valence-corrected chi connectivity index (χ3v) is 9.20. The van der Waals surface area contributed by atoms with Crippen LogP contribution in [0.15, 0.2) is 36.4 Å². The number of sulfonamides is 1. The Morgan fingerprint density at radius 1 is 1.09 bits per heavy atom. The molecule has 34 heavy (non-hydrogen) atoms. The van der Waals surface area contributed by atoms with Crippen LogP contribution in [0.3, 0.4) is 0 Å². The van der Waals surface area contributed by atoms with Crippen LogP contribution in [-0.2, 0) is 20.2 Å². The molecule has 180 valence electrons. The van der Waals surface area contributed by atoms with Crippen LogP contribution in [0.4, 0.5) is 5.69 Å². The molecule has 2 fully saturated rings. The molecule has 0 spiro atoms. The molecule has 2 aromatic carbocycles. The van der Waals surface area contributed by atoms with E-state index in [2.05, 4.69) is 54.3 Å². The number of rotatable bonds is 5. The lowest BCUT2D eigenvalue weighted by atomic mass is 9.73.